The number of hydrogen-bond donors (Lipinski definition) is 1. The van der Waals surface area contributed by atoms with Gasteiger partial charge < -0.3 is 5.32 Å². The van der Waals surface area contributed by atoms with Gasteiger partial charge in [-0.1, -0.05) is 6.92 Å². The van der Waals surface area contributed by atoms with Gasteiger partial charge in [0.05, 0.1) is 6.26 Å². The Kier molecular flexibility index (Phi) is 5.26. The summed E-state index contributed by atoms with van der Waals surface area (Å²) in [5.74, 6) is 1.44. The zero-order valence-electron chi connectivity index (χ0n) is 12.3. The van der Waals surface area contributed by atoms with E-state index in [-0.39, 0.29) is 0 Å². The Morgan fingerprint density at radius 2 is 2.05 bits per heavy atom. The maximum absolute atomic E-state index is 11.6. The van der Waals surface area contributed by atoms with Gasteiger partial charge in [-0.15, -0.1) is 0 Å². The van der Waals surface area contributed by atoms with Crippen molar-refractivity contribution in [3.8, 4) is 0 Å². The average Bonchev–Trinajstić information content (AvgIpc) is 3.18. The van der Waals surface area contributed by atoms with Gasteiger partial charge in [-0.05, 0) is 56.9 Å². The van der Waals surface area contributed by atoms with Gasteiger partial charge in [-0.25, -0.2) is 12.7 Å². The highest BCUT2D eigenvalue weighted by Gasteiger charge is 2.32. The third kappa shape index (κ3) is 4.72. The first-order valence-corrected chi connectivity index (χ1v) is 9.54. The largest absolute Gasteiger partial charge is 0.314 e. The maximum Gasteiger partial charge on any atom is 0.211 e. The van der Waals surface area contributed by atoms with E-state index in [0.29, 0.717) is 18.5 Å². The summed E-state index contributed by atoms with van der Waals surface area (Å²) < 4.78 is 24.9. The predicted octanol–water partition coefficient (Wildman–Crippen LogP) is 1.83. The normalized spacial score (nSPS) is 27.4. The molecule has 1 heterocycles. The van der Waals surface area contributed by atoms with Crippen molar-refractivity contribution in [3.63, 3.8) is 0 Å². The molecule has 5 heteroatoms. The molecule has 112 valence electrons. The molecule has 4 nitrogen and oxygen atoms in total. The van der Waals surface area contributed by atoms with Crippen LogP contribution in [0.4, 0.5) is 0 Å². The number of nitrogens with zero attached hydrogens (tertiary/aromatic N) is 1. The molecular weight excluding hydrogens is 260 g/mol. The van der Waals surface area contributed by atoms with Gasteiger partial charge in [0.25, 0.3) is 0 Å². The topological polar surface area (TPSA) is 49.4 Å². The Morgan fingerprint density at radius 3 is 2.63 bits per heavy atom. The van der Waals surface area contributed by atoms with Crippen molar-refractivity contribution < 1.29 is 8.42 Å². The predicted molar refractivity (Wildman–Crippen MR) is 78.6 cm³/mol. The SMILES string of the molecule is CCNC(CCC1CCCN(S(C)(=O)=O)C1)C1CC1. The van der Waals surface area contributed by atoms with Crippen LogP contribution < -0.4 is 5.32 Å². The van der Waals surface area contributed by atoms with Crippen LogP contribution in [-0.2, 0) is 10.0 Å². The monoisotopic (exact) mass is 288 g/mol. The van der Waals surface area contributed by atoms with E-state index < -0.39 is 10.0 Å². The summed E-state index contributed by atoms with van der Waals surface area (Å²) in [4.78, 5) is 0. The lowest BCUT2D eigenvalue weighted by Gasteiger charge is -2.31. The van der Waals surface area contributed by atoms with Crippen molar-refractivity contribution >= 4 is 10.0 Å². The summed E-state index contributed by atoms with van der Waals surface area (Å²) in [6.45, 7) is 4.67. The Morgan fingerprint density at radius 1 is 1.32 bits per heavy atom. The fourth-order valence-corrected chi connectivity index (χ4v) is 4.19. The highest BCUT2D eigenvalue weighted by Crippen LogP contribution is 2.35. The zero-order chi connectivity index (χ0) is 13.9. The summed E-state index contributed by atoms with van der Waals surface area (Å²) in [6.07, 6.45) is 8.67. The third-order valence-electron chi connectivity index (χ3n) is 4.49. The number of piperidine rings is 1. The van der Waals surface area contributed by atoms with Crippen LogP contribution in [0, 0.1) is 11.8 Å². The molecule has 0 bridgehead atoms. The summed E-state index contributed by atoms with van der Waals surface area (Å²) in [5.41, 5.74) is 0. The molecule has 0 amide bonds. The first-order valence-electron chi connectivity index (χ1n) is 7.69. The second-order valence-electron chi connectivity index (χ2n) is 6.21. The third-order valence-corrected chi connectivity index (χ3v) is 5.76. The van der Waals surface area contributed by atoms with Gasteiger partial charge in [0.1, 0.15) is 0 Å². The molecule has 2 aliphatic rings. The highest BCUT2D eigenvalue weighted by atomic mass is 32.2. The summed E-state index contributed by atoms with van der Waals surface area (Å²) in [5, 5.41) is 3.59. The molecule has 1 aliphatic heterocycles. The van der Waals surface area contributed by atoms with Crippen LogP contribution in [0.2, 0.25) is 0 Å². The first-order chi connectivity index (χ1) is 9.00. The molecule has 0 spiro atoms. The lowest BCUT2D eigenvalue weighted by Crippen LogP contribution is -2.40. The standard InChI is InChI=1S/C14H28N2O2S/c1-3-15-14(13-7-8-13)9-6-12-5-4-10-16(11-12)19(2,17)18/h12-15H,3-11H2,1-2H3. The minimum Gasteiger partial charge on any atom is -0.314 e. The van der Waals surface area contributed by atoms with Crippen LogP contribution in [0.15, 0.2) is 0 Å². The van der Waals surface area contributed by atoms with E-state index in [4.69, 9.17) is 0 Å². The molecule has 2 atom stereocenters. The van der Waals surface area contributed by atoms with E-state index in [2.05, 4.69) is 12.2 Å². The fraction of sp³-hybridized carbons (Fsp3) is 1.00. The van der Waals surface area contributed by atoms with E-state index in [1.807, 2.05) is 0 Å². The molecule has 2 fully saturated rings. The van der Waals surface area contributed by atoms with E-state index in [9.17, 15) is 8.42 Å². The molecule has 1 saturated carbocycles. The number of sulfonamides is 1. The lowest BCUT2D eigenvalue weighted by atomic mass is 9.91. The quantitative estimate of drug-likeness (QED) is 0.777. The van der Waals surface area contributed by atoms with Gasteiger partial charge in [0.2, 0.25) is 10.0 Å². The van der Waals surface area contributed by atoms with Crippen molar-refractivity contribution in [1.82, 2.24) is 9.62 Å². The number of nitrogens with one attached hydrogen (secondary N) is 1. The molecule has 19 heavy (non-hydrogen) atoms. The van der Waals surface area contributed by atoms with E-state index >= 15 is 0 Å². The zero-order valence-corrected chi connectivity index (χ0v) is 13.1. The number of rotatable bonds is 7. The highest BCUT2D eigenvalue weighted by molar-refractivity contribution is 7.88. The van der Waals surface area contributed by atoms with Crippen LogP contribution >= 0.6 is 0 Å². The van der Waals surface area contributed by atoms with Gasteiger partial charge in [-0.2, -0.15) is 0 Å². The molecule has 1 saturated heterocycles. The van der Waals surface area contributed by atoms with Crippen LogP contribution in [0.5, 0.6) is 0 Å². The summed E-state index contributed by atoms with van der Waals surface area (Å²) in [6, 6.07) is 0.665. The molecule has 1 N–H and O–H groups in total. The van der Waals surface area contributed by atoms with Crippen molar-refractivity contribution in [1.29, 1.82) is 0 Å². The Bertz CT molecular complexity index is 379. The minimum absolute atomic E-state index is 0.559. The average molecular weight is 288 g/mol. The minimum atomic E-state index is -2.99. The van der Waals surface area contributed by atoms with Gasteiger partial charge in [0.15, 0.2) is 0 Å². The van der Waals surface area contributed by atoms with Crippen molar-refractivity contribution in [2.24, 2.45) is 11.8 Å². The van der Waals surface area contributed by atoms with Crippen LogP contribution in [0.1, 0.15) is 45.4 Å². The molecular formula is C14H28N2O2S. The van der Waals surface area contributed by atoms with Crippen molar-refractivity contribution in [3.05, 3.63) is 0 Å². The first kappa shape index (κ1) is 15.3. The molecule has 0 aromatic carbocycles. The Labute approximate surface area is 118 Å². The van der Waals surface area contributed by atoms with E-state index in [0.717, 1.165) is 25.4 Å². The van der Waals surface area contributed by atoms with Crippen molar-refractivity contribution in [2.75, 3.05) is 25.9 Å². The van der Waals surface area contributed by atoms with Crippen LogP contribution in [-0.4, -0.2) is 44.7 Å². The molecule has 0 radical (unpaired) electrons. The van der Waals surface area contributed by atoms with Crippen LogP contribution in [0.3, 0.4) is 0 Å². The van der Waals surface area contributed by atoms with Crippen molar-refractivity contribution in [2.45, 2.75) is 51.5 Å². The maximum atomic E-state index is 11.6. The number of hydrogen-bond acceptors (Lipinski definition) is 3. The fourth-order valence-electron chi connectivity index (χ4n) is 3.24. The second-order valence-corrected chi connectivity index (χ2v) is 8.19. The second kappa shape index (κ2) is 6.55. The summed E-state index contributed by atoms with van der Waals surface area (Å²) in [7, 11) is -2.99. The molecule has 0 aromatic heterocycles. The lowest BCUT2D eigenvalue weighted by molar-refractivity contribution is 0.244. The van der Waals surface area contributed by atoms with Crippen LogP contribution in [0.25, 0.3) is 0 Å². The van der Waals surface area contributed by atoms with Gasteiger partial charge in [-0.3, -0.25) is 0 Å². The molecule has 0 aromatic rings. The Hall–Kier alpha value is -0.130. The van der Waals surface area contributed by atoms with Gasteiger partial charge in [0, 0.05) is 19.1 Å². The Balaban J connectivity index is 1.78. The van der Waals surface area contributed by atoms with Gasteiger partial charge >= 0.3 is 0 Å². The van der Waals surface area contributed by atoms with E-state index in [1.54, 1.807) is 4.31 Å². The van der Waals surface area contributed by atoms with E-state index in [1.165, 1.54) is 38.4 Å². The molecule has 1 aliphatic carbocycles. The molecule has 2 rings (SSSR count). The molecule has 2 unspecified atom stereocenters. The smallest absolute Gasteiger partial charge is 0.211 e. The summed E-state index contributed by atoms with van der Waals surface area (Å²) >= 11 is 0.